The second-order valence-corrected chi connectivity index (χ2v) is 3.74. The number of aryl methyl sites for hydroxylation is 2. The van der Waals surface area contributed by atoms with Crippen LogP contribution in [0.15, 0.2) is 23.2 Å². The number of para-hydroxylation sites is 1. The maximum Gasteiger partial charge on any atom is 0.195 e. The van der Waals surface area contributed by atoms with Crippen molar-refractivity contribution in [1.82, 2.24) is 5.32 Å². The molecule has 0 atom stereocenters. The molecule has 0 aliphatic carbocycles. The molecule has 0 bridgehead atoms. The van der Waals surface area contributed by atoms with Crippen molar-refractivity contribution >= 4 is 11.6 Å². The molecule has 1 aliphatic rings. The fourth-order valence-electron chi connectivity index (χ4n) is 1.80. The monoisotopic (exact) mass is 203 g/mol. The van der Waals surface area contributed by atoms with E-state index in [1.165, 1.54) is 16.8 Å². The molecule has 2 rings (SSSR count). The van der Waals surface area contributed by atoms with Crippen LogP contribution < -0.4 is 10.6 Å². The minimum Gasteiger partial charge on any atom is -0.354 e. The summed E-state index contributed by atoms with van der Waals surface area (Å²) in [5.74, 6) is 0.902. The first kappa shape index (κ1) is 10.0. The number of aliphatic imine (C=N–C) groups is 1. The number of hydrogen-bond acceptors (Lipinski definition) is 3. The Balaban J connectivity index is 2.25. The predicted molar refractivity (Wildman–Crippen MR) is 64.5 cm³/mol. The van der Waals surface area contributed by atoms with E-state index in [9.17, 15) is 0 Å². The summed E-state index contributed by atoms with van der Waals surface area (Å²) in [5.41, 5.74) is 3.81. The van der Waals surface area contributed by atoms with Gasteiger partial charge in [-0.2, -0.15) is 0 Å². The summed E-state index contributed by atoms with van der Waals surface area (Å²) in [6, 6.07) is 6.38. The molecule has 3 nitrogen and oxygen atoms in total. The average Bonchev–Trinajstić information content (AvgIpc) is 2.74. The molecule has 0 aromatic heterocycles. The van der Waals surface area contributed by atoms with Crippen LogP contribution >= 0.6 is 0 Å². The van der Waals surface area contributed by atoms with Gasteiger partial charge < -0.3 is 10.6 Å². The Morgan fingerprint density at radius 2 is 2.33 bits per heavy atom. The molecule has 1 heterocycles. The molecule has 80 valence electrons. The van der Waals surface area contributed by atoms with Gasteiger partial charge >= 0.3 is 0 Å². The molecule has 1 aromatic carbocycles. The normalized spacial score (nSPS) is 14.7. The Kier molecular flexibility index (Phi) is 2.90. The van der Waals surface area contributed by atoms with E-state index in [0.29, 0.717) is 0 Å². The lowest BCUT2D eigenvalue weighted by atomic mass is 10.1. The third-order valence-corrected chi connectivity index (χ3v) is 2.66. The van der Waals surface area contributed by atoms with Gasteiger partial charge in [0.05, 0.1) is 6.54 Å². The minimum absolute atomic E-state index is 0.871. The molecule has 0 spiro atoms. The van der Waals surface area contributed by atoms with Crippen LogP contribution in [0.25, 0.3) is 0 Å². The predicted octanol–water partition coefficient (Wildman–Crippen LogP) is 1.93. The summed E-state index contributed by atoms with van der Waals surface area (Å²) in [7, 11) is 0. The molecular formula is C12H17N3. The van der Waals surface area contributed by atoms with E-state index in [-0.39, 0.29) is 0 Å². The van der Waals surface area contributed by atoms with E-state index in [0.717, 1.165) is 25.5 Å². The highest BCUT2D eigenvalue weighted by Gasteiger charge is 2.09. The highest BCUT2D eigenvalue weighted by Crippen LogP contribution is 2.20. The van der Waals surface area contributed by atoms with E-state index in [1.54, 1.807) is 0 Å². The van der Waals surface area contributed by atoms with Crippen LogP contribution in [0.3, 0.4) is 0 Å². The lowest BCUT2D eigenvalue weighted by molar-refractivity contribution is 0.958. The van der Waals surface area contributed by atoms with Gasteiger partial charge in [0, 0.05) is 12.2 Å². The molecule has 0 unspecified atom stereocenters. The SMILES string of the molecule is CCc1cccc(C)c1NC1=NCCN1. The van der Waals surface area contributed by atoms with Crippen molar-refractivity contribution in [2.75, 3.05) is 18.4 Å². The molecule has 0 amide bonds. The van der Waals surface area contributed by atoms with Gasteiger partial charge in [0.2, 0.25) is 0 Å². The average molecular weight is 203 g/mol. The van der Waals surface area contributed by atoms with Crippen LogP contribution in [0.4, 0.5) is 5.69 Å². The van der Waals surface area contributed by atoms with Gasteiger partial charge in [-0.3, -0.25) is 4.99 Å². The summed E-state index contributed by atoms with van der Waals surface area (Å²) in [5, 5.41) is 6.59. The Morgan fingerprint density at radius 1 is 1.47 bits per heavy atom. The summed E-state index contributed by atoms with van der Waals surface area (Å²) < 4.78 is 0. The molecule has 1 aromatic rings. The fourth-order valence-corrected chi connectivity index (χ4v) is 1.80. The van der Waals surface area contributed by atoms with Crippen molar-refractivity contribution < 1.29 is 0 Å². The molecule has 3 heteroatoms. The van der Waals surface area contributed by atoms with Gasteiger partial charge in [-0.05, 0) is 24.5 Å². The molecule has 0 radical (unpaired) electrons. The lowest BCUT2D eigenvalue weighted by Crippen LogP contribution is -2.27. The number of nitrogens with one attached hydrogen (secondary N) is 2. The Labute approximate surface area is 90.6 Å². The Bertz CT molecular complexity index is 382. The van der Waals surface area contributed by atoms with Crippen LogP contribution in [0.5, 0.6) is 0 Å². The summed E-state index contributed by atoms with van der Waals surface area (Å²) in [4.78, 5) is 4.34. The smallest absolute Gasteiger partial charge is 0.195 e. The first-order chi connectivity index (χ1) is 7.31. The number of rotatable bonds is 2. The van der Waals surface area contributed by atoms with Crippen molar-refractivity contribution in [2.24, 2.45) is 4.99 Å². The highest BCUT2D eigenvalue weighted by atomic mass is 15.2. The first-order valence-electron chi connectivity index (χ1n) is 5.45. The first-order valence-corrected chi connectivity index (χ1v) is 5.45. The van der Waals surface area contributed by atoms with Crippen LogP contribution in [0.1, 0.15) is 18.1 Å². The third kappa shape index (κ3) is 2.12. The number of anilines is 1. The zero-order chi connectivity index (χ0) is 10.7. The van der Waals surface area contributed by atoms with Crippen LogP contribution in [0.2, 0.25) is 0 Å². The van der Waals surface area contributed by atoms with Crippen molar-refractivity contribution in [3.63, 3.8) is 0 Å². The topological polar surface area (TPSA) is 36.4 Å². The number of nitrogens with zero attached hydrogens (tertiary/aromatic N) is 1. The molecule has 0 saturated carbocycles. The van der Waals surface area contributed by atoms with Gasteiger partial charge in [-0.1, -0.05) is 25.1 Å². The maximum atomic E-state index is 4.34. The summed E-state index contributed by atoms with van der Waals surface area (Å²) in [6.07, 6.45) is 1.04. The molecule has 1 aliphatic heterocycles. The van der Waals surface area contributed by atoms with E-state index < -0.39 is 0 Å². The van der Waals surface area contributed by atoms with Gasteiger partial charge in [-0.25, -0.2) is 0 Å². The largest absolute Gasteiger partial charge is 0.354 e. The van der Waals surface area contributed by atoms with Gasteiger partial charge in [0.1, 0.15) is 0 Å². The van der Waals surface area contributed by atoms with Gasteiger partial charge in [-0.15, -0.1) is 0 Å². The second-order valence-electron chi connectivity index (χ2n) is 3.74. The van der Waals surface area contributed by atoms with E-state index in [1.807, 2.05) is 0 Å². The fraction of sp³-hybridized carbons (Fsp3) is 0.417. The van der Waals surface area contributed by atoms with E-state index >= 15 is 0 Å². The molecule has 2 N–H and O–H groups in total. The maximum absolute atomic E-state index is 4.34. The highest BCUT2D eigenvalue weighted by molar-refractivity contribution is 5.95. The van der Waals surface area contributed by atoms with E-state index in [2.05, 4.69) is 47.7 Å². The molecule has 15 heavy (non-hydrogen) atoms. The van der Waals surface area contributed by atoms with Crippen LogP contribution in [-0.2, 0) is 6.42 Å². The minimum atomic E-state index is 0.871. The second kappa shape index (κ2) is 4.34. The zero-order valence-electron chi connectivity index (χ0n) is 9.30. The molecule has 0 fully saturated rings. The van der Waals surface area contributed by atoms with Crippen LogP contribution in [-0.4, -0.2) is 19.0 Å². The third-order valence-electron chi connectivity index (χ3n) is 2.66. The molecular weight excluding hydrogens is 186 g/mol. The summed E-state index contributed by atoms with van der Waals surface area (Å²) in [6.45, 7) is 6.10. The van der Waals surface area contributed by atoms with Crippen molar-refractivity contribution in [2.45, 2.75) is 20.3 Å². The zero-order valence-corrected chi connectivity index (χ0v) is 9.30. The molecule has 0 saturated heterocycles. The summed E-state index contributed by atoms with van der Waals surface area (Å²) >= 11 is 0. The number of hydrogen-bond donors (Lipinski definition) is 2. The van der Waals surface area contributed by atoms with Crippen molar-refractivity contribution in [3.8, 4) is 0 Å². The Morgan fingerprint density at radius 3 is 3.00 bits per heavy atom. The lowest BCUT2D eigenvalue weighted by Gasteiger charge is -2.13. The number of benzene rings is 1. The van der Waals surface area contributed by atoms with Crippen LogP contribution in [0, 0.1) is 6.92 Å². The standard InChI is InChI=1S/C12H17N3/c1-3-10-6-4-5-9(2)11(10)15-12-13-7-8-14-12/h4-6H,3,7-8H2,1-2H3,(H2,13,14,15). The van der Waals surface area contributed by atoms with Gasteiger partial charge in [0.15, 0.2) is 5.96 Å². The number of guanidine groups is 1. The van der Waals surface area contributed by atoms with Crippen molar-refractivity contribution in [1.29, 1.82) is 0 Å². The quantitative estimate of drug-likeness (QED) is 0.770. The van der Waals surface area contributed by atoms with Gasteiger partial charge in [0.25, 0.3) is 0 Å². The van der Waals surface area contributed by atoms with E-state index in [4.69, 9.17) is 0 Å². The van der Waals surface area contributed by atoms with Crippen molar-refractivity contribution in [3.05, 3.63) is 29.3 Å². The Hall–Kier alpha value is -1.51.